The molecule has 14 heavy (non-hydrogen) atoms. The van der Waals surface area contributed by atoms with E-state index in [0.717, 1.165) is 12.8 Å². The summed E-state index contributed by atoms with van der Waals surface area (Å²) >= 11 is 0. The average molecular weight is 200 g/mol. The highest BCUT2D eigenvalue weighted by molar-refractivity contribution is 5.98. The zero-order chi connectivity index (χ0) is 10.8. The number of carboxylic acid groups (broad SMARTS) is 2. The van der Waals surface area contributed by atoms with E-state index in [9.17, 15) is 9.59 Å². The zero-order valence-corrected chi connectivity index (χ0v) is 8.32. The minimum atomic E-state index is -1.51. The molecule has 1 aliphatic carbocycles. The fraction of sp³-hybridized carbons (Fsp3) is 0.800. The average Bonchev–Trinajstić information content (AvgIpc) is 2.17. The number of hydrogen-bond donors (Lipinski definition) is 2. The molecule has 4 heteroatoms. The van der Waals surface area contributed by atoms with Gasteiger partial charge in [-0.3, -0.25) is 9.59 Å². The molecule has 1 atom stereocenters. The highest BCUT2D eigenvalue weighted by Crippen LogP contribution is 2.41. The number of carboxylic acids is 2. The van der Waals surface area contributed by atoms with Gasteiger partial charge in [-0.05, 0) is 18.8 Å². The molecule has 0 heterocycles. The minimum absolute atomic E-state index is 0.246. The Kier molecular flexibility index (Phi) is 3.13. The molecule has 1 saturated carbocycles. The molecule has 0 aromatic heterocycles. The summed E-state index contributed by atoms with van der Waals surface area (Å²) in [6.07, 6.45) is 3.08. The minimum Gasteiger partial charge on any atom is -0.480 e. The maximum atomic E-state index is 11.0. The van der Waals surface area contributed by atoms with Crippen LogP contribution in [0.3, 0.4) is 0 Å². The molecule has 4 nitrogen and oxygen atoms in total. The Morgan fingerprint density at radius 2 is 1.93 bits per heavy atom. The van der Waals surface area contributed by atoms with Gasteiger partial charge < -0.3 is 10.2 Å². The van der Waals surface area contributed by atoms with Crippen molar-refractivity contribution in [1.29, 1.82) is 0 Å². The van der Waals surface area contributed by atoms with Gasteiger partial charge >= 0.3 is 11.9 Å². The molecule has 1 unspecified atom stereocenters. The normalized spacial score (nSPS) is 25.6. The van der Waals surface area contributed by atoms with E-state index in [2.05, 4.69) is 0 Å². The maximum absolute atomic E-state index is 11.0. The maximum Gasteiger partial charge on any atom is 0.321 e. The van der Waals surface area contributed by atoms with Crippen LogP contribution < -0.4 is 0 Å². The van der Waals surface area contributed by atoms with Gasteiger partial charge in [0.05, 0.1) is 0 Å². The molecule has 0 amide bonds. The van der Waals surface area contributed by atoms with Crippen LogP contribution in [0.4, 0.5) is 0 Å². The Morgan fingerprint density at radius 1 is 1.36 bits per heavy atom. The summed E-state index contributed by atoms with van der Waals surface area (Å²) in [5, 5.41) is 18.0. The molecule has 0 bridgehead atoms. The van der Waals surface area contributed by atoms with Gasteiger partial charge in [0, 0.05) is 0 Å². The van der Waals surface area contributed by atoms with Gasteiger partial charge in [-0.1, -0.05) is 26.2 Å². The van der Waals surface area contributed by atoms with Gasteiger partial charge in [-0.15, -0.1) is 0 Å². The Hall–Kier alpha value is -1.06. The fourth-order valence-electron chi connectivity index (χ4n) is 2.22. The van der Waals surface area contributed by atoms with E-state index in [1.54, 1.807) is 0 Å². The molecule has 0 aromatic rings. The van der Waals surface area contributed by atoms with Crippen LogP contribution in [-0.4, -0.2) is 22.2 Å². The van der Waals surface area contributed by atoms with Crippen molar-refractivity contribution >= 4 is 11.9 Å². The van der Waals surface area contributed by atoms with E-state index in [1.807, 2.05) is 6.92 Å². The quantitative estimate of drug-likeness (QED) is 0.680. The lowest BCUT2D eigenvalue weighted by atomic mass is 9.69. The van der Waals surface area contributed by atoms with Crippen LogP contribution in [0.2, 0.25) is 0 Å². The Labute approximate surface area is 82.9 Å². The molecule has 2 N–H and O–H groups in total. The van der Waals surface area contributed by atoms with Gasteiger partial charge in [-0.25, -0.2) is 0 Å². The summed E-state index contributed by atoms with van der Waals surface area (Å²) in [5.41, 5.74) is -1.51. The SMILES string of the molecule is CCC1CCCC(C(=O)O)(C(=O)O)C1. The van der Waals surface area contributed by atoms with Gasteiger partial charge in [0.2, 0.25) is 0 Å². The molecule has 0 aromatic carbocycles. The standard InChI is InChI=1S/C10H16O4/c1-2-7-4-3-5-10(6-7,8(11)12)9(13)14/h7H,2-6H2,1H3,(H,11,12)(H,13,14). The van der Waals surface area contributed by atoms with E-state index < -0.39 is 17.4 Å². The van der Waals surface area contributed by atoms with Gasteiger partial charge in [0.25, 0.3) is 0 Å². The lowest BCUT2D eigenvalue weighted by Gasteiger charge is -2.33. The second-order valence-corrected chi connectivity index (χ2v) is 4.06. The number of rotatable bonds is 3. The highest BCUT2D eigenvalue weighted by Gasteiger charge is 2.49. The van der Waals surface area contributed by atoms with Crippen molar-refractivity contribution in [3.63, 3.8) is 0 Å². The van der Waals surface area contributed by atoms with Crippen molar-refractivity contribution in [2.24, 2.45) is 11.3 Å². The Balaban J connectivity index is 2.87. The summed E-state index contributed by atoms with van der Waals surface area (Å²) in [4.78, 5) is 22.0. The number of hydrogen-bond acceptors (Lipinski definition) is 2. The Morgan fingerprint density at radius 3 is 2.36 bits per heavy atom. The number of aliphatic carboxylic acids is 2. The summed E-state index contributed by atoms with van der Waals surface area (Å²) in [7, 11) is 0. The second kappa shape index (κ2) is 3.98. The Bertz CT molecular complexity index is 233. The first-order chi connectivity index (χ1) is 6.53. The largest absolute Gasteiger partial charge is 0.480 e. The third kappa shape index (κ3) is 1.74. The van der Waals surface area contributed by atoms with Gasteiger partial charge in [-0.2, -0.15) is 0 Å². The monoisotopic (exact) mass is 200 g/mol. The number of carbonyl (C=O) groups is 2. The van der Waals surface area contributed by atoms with Crippen LogP contribution in [0.15, 0.2) is 0 Å². The van der Waals surface area contributed by atoms with Gasteiger partial charge in [0.15, 0.2) is 5.41 Å². The van der Waals surface area contributed by atoms with Crippen molar-refractivity contribution in [2.45, 2.75) is 39.0 Å². The fourth-order valence-corrected chi connectivity index (χ4v) is 2.22. The van der Waals surface area contributed by atoms with E-state index in [-0.39, 0.29) is 18.8 Å². The lowest BCUT2D eigenvalue weighted by Crippen LogP contribution is -2.43. The van der Waals surface area contributed by atoms with Crippen LogP contribution in [0, 0.1) is 11.3 Å². The molecular weight excluding hydrogens is 184 g/mol. The van der Waals surface area contributed by atoms with Crippen molar-refractivity contribution in [3.05, 3.63) is 0 Å². The van der Waals surface area contributed by atoms with Crippen LogP contribution >= 0.6 is 0 Å². The van der Waals surface area contributed by atoms with E-state index in [4.69, 9.17) is 10.2 Å². The van der Waals surface area contributed by atoms with E-state index >= 15 is 0 Å². The predicted molar refractivity (Wildman–Crippen MR) is 50.0 cm³/mol. The van der Waals surface area contributed by atoms with E-state index in [1.165, 1.54) is 0 Å². The summed E-state index contributed by atoms with van der Waals surface area (Å²) < 4.78 is 0. The third-order valence-corrected chi connectivity index (χ3v) is 3.25. The first-order valence-electron chi connectivity index (χ1n) is 4.99. The van der Waals surface area contributed by atoms with Crippen LogP contribution in [0.5, 0.6) is 0 Å². The molecule has 1 aliphatic rings. The molecule has 1 rings (SSSR count). The van der Waals surface area contributed by atoms with Crippen LogP contribution in [-0.2, 0) is 9.59 Å². The zero-order valence-electron chi connectivity index (χ0n) is 8.32. The van der Waals surface area contributed by atoms with Gasteiger partial charge in [0.1, 0.15) is 0 Å². The third-order valence-electron chi connectivity index (χ3n) is 3.25. The van der Waals surface area contributed by atoms with E-state index in [0.29, 0.717) is 6.42 Å². The van der Waals surface area contributed by atoms with Crippen molar-refractivity contribution in [2.75, 3.05) is 0 Å². The highest BCUT2D eigenvalue weighted by atomic mass is 16.4. The van der Waals surface area contributed by atoms with Crippen molar-refractivity contribution in [1.82, 2.24) is 0 Å². The first-order valence-corrected chi connectivity index (χ1v) is 4.99. The van der Waals surface area contributed by atoms with Crippen LogP contribution in [0.1, 0.15) is 39.0 Å². The molecule has 1 fully saturated rings. The van der Waals surface area contributed by atoms with Crippen molar-refractivity contribution < 1.29 is 19.8 Å². The lowest BCUT2D eigenvalue weighted by molar-refractivity contribution is -0.168. The van der Waals surface area contributed by atoms with Crippen LogP contribution in [0.25, 0.3) is 0 Å². The molecule has 0 spiro atoms. The summed E-state index contributed by atoms with van der Waals surface area (Å²) in [6, 6.07) is 0. The summed E-state index contributed by atoms with van der Waals surface area (Å²) in [5.74, 6) is -2.11. The molecule has 0 aliphatic heterocycles. The topological polar surface area (TPSA) is 74.6 Å². The van der Waals surface area contributed by atoms with Crippen molar-refractivity contribution in [3.8, 4) is 0 Å². The summed E-state index contributed by atoms with van der Waals surface area (Å²) in [6.45, 7) is 1.98. The predicted octanol–water partition coefficient (Wildman–Crippen LogP) is 1.74. The smallest absolute Gasteiger partial charge is 0.321 e. The molecule has 80 valence electrons. The first kappa shape index (κ1) is 11.0. The molecule has 0 saturated heterocycles. The second-order valence-electron chi connectivity index (χ2n) is 4.06. The molecule has 0 radical (unpaired) electrons. The molecular formula is C10H16O4.